The van der Waals surface area contributed by atoms with E-state index in [0.717, 1.165) is 22.7 Å². The number of aromatic nitrogens is 4. The summed E-state index contributed by atoms with van der Waals surface area (Å²) in [7, 11) is 2.06. The molecule has 0 atom stereocenters. The van der Waals surface area contributed by atoms with Gasteiger partial charge in [-0.05, 0) is 27.7 Å². The fourth-order valence-electron chi connectivity index (χ4n) is 2.17. The molecule has 0 N–H and O–H groups in total. The molecule has 0 aliphatic carbocycles. The fourth-order valence-corrected chi connectivity index (χ4v) is 2.17. The van der Waals surface area contributed by atoms with Crippen LogP contribution in [0.15, 0.2) is 0 Å². The summed E-state index contributed by atoms with van der Waals surface area (Å²) in [5.74, 6) is 1.03. The zero-order chi connectivity index (χ0) is 13.9. The highest BCUT2D eigenvalue weighted by Crippen LogP contribution is 2.31. The molecule has 2 aromatic heterocycles. The Kier molecular flexibility index (Phi) is 2.62. The highest BCUT2D eigenvalue weighted by Gasteiger charge is 2.29. The summed E-state index contributed by atoms with van der Waals surface area (Å²) in [4.78, 5) is 4.69. The minimum Gasteiger partial charge on any atom is -0.316 e. The van der Waals surface area contributed by atoms with E-state index in [4.69, 9.17) is 10.1 Å². The zero-order valence-electron chi connectivity index (χ0n) is 12.8. The summed E-state index contributed by atoms with van der Waals surface area (Å²) in [5.41, 5.74) is 3.20. The summed E-state index contributed by atoms with van der Waals surface area (Å²) in [6.07, 6.45) is 0. The van der Waals surface area contributed by atoms with Crippen molar-refractivity contribution in [2.45, 2.75) is 59.4 Å². The molecular weight excluding hydrogens is 224 g/mol. The Morgan fingerprint density at radius 2 is 1.56 bits per heavy atom. The predicted molar refractivity (Wildman–Crippen MR) is 74.9 cm³/mol. The highest BCUT2D eigenvalue weighted by molar-refractivity contribution is 5.77. The van der Waals surface area contributed by atoms with Gasteiger partial charge in [0.15, 0.2) is 5.65 Å². The second-order valence-corrected chi connectivity index (χ2v) is 7.07. The number of hydrogen-bond donors (Lipinski definition) is 0. The largest absolute Gasteiger partial charge is 0.316 e. The van der Waals surface area contributed by atoms with E-state index in [1.807, 2.05) is 6.92 Å². The van der Waals surface area contributed by atoms with Crippen molar-refractivity contribution < 1.29 is 0 Å². The Hall–Kier alpha value is -1.32. The first-order chi connectivity index (χ1) is 8.03. The van der Waals surface area contributed by atoms with Crippen molar-refractivity contribution in [2.24, 2.45) is 7.05 Å². The molecule has 0 fully saturated rings. The van der Waals surface area contributed by atoms with Gasteiger partial charge in [-0.3, -0.25) is 0 Å². The van der Waals surface area contributed by atoms with E-state index < -0.39 is 0 Å². The lowest BCUT2D eigenvalue weighted by Crippen LogP contribution is -2.25. The second kappa shape index (κ2) is 3.59. The van der Waals surface area contributed by atoms with Gasteiger partial charge >= 0.3 is 0 Å². The topological polar surface area (TPSA) is 35.6 Å². The SMILES string of the molecule is Cc1nc2c(C(C)(C)C)nn(C(C)(C)C)c2n1C. The van der Waals surface area contributed by atoms with Gasteiger partial charge in [-0.25, -0.2) is 9.67 Å². The van der Waals surface area contributed by atoms with Crippen LogP contribution in [0.5, 0.6) is 0 Å². The lowest BCUT2D eigenvalue weighted by atomic mass is 9.92. The summed E-state index contributed by atoms with van der Waals surface area (Å²) in [6.45, 7) is 15.1. The molecule has 18 heavy (non-hydrogen) atoms. The molecule has 0 saturated heterocycles. The van der Waals surface area contributed by atoms with Crippen LogP contribution in [0.3, 0.4) is 0 Å². The molecule has 2 rings (SSSR count). The first kappa shape index (κ1) is 13.1. The van der Waals surface area contributed by atoms with Crippen LogP contribution in [-0.4, -0.2) is 19.3 Å². The Balaban J connectivity index is 2.89. The molecule has 0 aliphatic heterocycles. The van der Waals surface area contributed by atoms with E-state index in [1.54, 1.807) is 0 Å². The number of fused-ring (bicyclic) bond motifs is 1. The molecular formula is C14H24N4. The third-order valence-electron chi connectivity index (χ3n) is 3.26. The fraction of sp³-hybridized carbons (Fsp3) is 0.714. The molecule has 0 aliphatic rings. The number of nitrogens with zero attached hydrogens (tertiary/aromatic N) is 4. The van der Waals surface area contributed by atoms with Crippen LogP contribution in [0.4, 0.5) is 0 Å². The quantitative estimate of drug-likeness (QED) is 0.718. The number of rotatable bonds is 0. The molecule has 0 radical (unpaired) electrons. The van der Waals surface area contributed by atoms with Gasteiger partial charge in [-0.15, -0.1) is 0 Å². The van der Waals surface area contributed by atoms with Gasteiger partial charge in [0.1, 0.15) is 11.3 Å². The van der Waals surface area contributed by atoms with Crippen LogP contribution in [0, 0.1) is 6.92 Å². The maximum absolute atomic E-state index is 4.83. The molecule has 0 unspecified atom stereocenters. The molecule has 0 amide bonds. The maximum Gasteiger partial charge on any atom is 0.159 e. The lowest BCUT2D eigenvalue weighted by Gasteiger charge is -2.21. The standard InChI is InChI=1S/C14H24N4/c1-9-15-10-11(13(2,3)4)16-18(14(5,6)7)12(10)17(9)8/h1-8H3. The Morgan fingerprint density at radius 1 is 1.00 bits per heavy atom. The van der Waals surface area contributed by atoms with Crippen molar-refractivity contribution in [1.82, 2.24) is 19.3 Å². The highest BCUT2D eigenvalue weighted by atomic mass is 15.4. The van der Waals surface area contributed by atoms with Gasteiger partial charge in [0.05, 0.1) is 11.2 Å². The van der Waals surface area contributed by atoms with Gasteiger partial charge in [-0.1, -0.05) is 20.8 Å². The third-order valence-corrected chi connectivity index (χ3v) is 3.26. The van der Waals surface area contributed by atoms with E-state index >= 15 is 0 Å². The van der Waals surface area contributed by atoms with Crippen LogP contribution in [0.2, 0.25) is 0 Å². The molecule has 0 saturated carbocycles. The second-order valence-electron chi connectivity index (χ2n) is 7.07. The minimum atomic E-state index is -0.0397. The van der Waals surface area contributed by atoms with Gasteiger partial charge < -0.3 is 4.57 Å². The van der Waals surface area contributed by atoms with Crippen LogP contribution in [-0.2, 0) is 18.0 Å². The van der Waals surface area contributed by atoms with Crippen LogP contribution in [0.25, 0.3) is 11.2 Å². The molecule has 0 spiro atoms. The van der Waals surface area contributed by atoms with Crippen molar-refractivity contribution in [3.63, 3.8) is 0 Å². The van der Waals surface area contributed by atoms with Gasteiger partial charge in [0.2, 0.25) is 0 Å². The molecule has 4 heteroatoms. The van der Waals surface area contributed by atoms with E-state index in [9.17, 15) is 0 Å². The Bertz CT molecular complexity index is 588. The van der Waals surface area contributed by atoms with Crippen molar-refractivity contribution in [3.8, 4) is 0 Å². The average molecular weight is 248 g/mol. The van der Waals surface area contributed by atoms with Crippen molar-refractivity contribution in [3.05, 3.63) is 11.5 Å². The summed E-state index contributed by atoms with van der Waals surface area (Å²) in [5, 5.41) is 4.83. The molecule has 0 aromatic carbocycles. The van der Waals surface area contributed by atoms with Crippen LogP contribution >= 0.6 is 0 Å². The first-order valence-electron chi connectivity index (χ1n) is 6.46. The zero-order valence-corrected chi connectivity index (χ0v) is 12.8. The Morgan fingerprint density at radius 3 is 2.00 bits per heavy atom. The Labute approximate surface area is 109 Å². The van der Waals surface area contributed by atoms with Crippen molar-refractivity contribution in [1.29, 1.82) is 0 Å². The molecule has 100 valence electrons. The maximum atomic E-state index is 4.83. The van der Waals surface area contributed by atoms with E-state index in [0.29, 0.717) is 0 Å². The van der Waals surface area contributed by atoms with Gasteiger partial charge in [0.25, 0.3) is 0 Å². The predicted octanol–water partition coefficient (Wildman–Crippen LogP) is 3.13. The minimum absolute atomic E-state index is 0.00947. The molecule has 4 nitrogen and oxygen atoms in total. The average Bonchev–Trinajstić information content (AvgIpc) is 2.64. The number of aryl methyl sites for hydroxylation is 2. The number of imidazole rings is 1. The summed E-state index contributed by atoms with van der Waals surface area (Å²) < 4.78 is 4.23. The van der Waals surface area contributed by atoms with Crippen LogP contribution in [0.1, 0.15) is 53.1 Å². The van der Waals surface area contributed by atoms with Gasteiger partial charge in [0, 0.05) is 12.5 Å². The van der Waals surface area contributed by atoms with E-state index in [2.05, 4.69) is 57.8 Å². The van der Waals surface area contributed by atoms with Crippen molar-refractivity contribution >= 4 is 11.2 Å². The third kappa shape index (κ3) is 1.84. The van der Waals surface area contributed by atoms with E-state index in [-0.39, 0.29) is 11.0 Å². The van der Waals surface area contributed by atoms with Crippen LogP contribution < -0.4 is 0 Å². The lowest BCUT2D eigenvalue weighted by molar-refractivity contribution is 0.355. The van der Waals surface area contributed by atoms with Crippen molar-refractivity contribution in [2.75, 3.05) is 0 Å². The number of hydrogen-bond acceptors (Lipinski definition) is 2. The molecule has 0 bridgehead atoms. The molecule has 2 heterocycles. The molecule has 2 aromatic rings. The first-order valence-corrected chi connectivity index (χ1v) is 6.46. The summed E-state index contributed by atoms with van der Waals surface area (Å²) >= 11 is 0. The normalized spacial score (nSPS) is 13.6. The van der Waals surface area contributed by atoms with Gasteiger partial charge in [-0.2, -0.15) is 5.10 Å². The van der Waals surface area contributed by atoms with E-state index in [1.165, 1.54) is 0 Å². The smallest absolute Gasteiger partial charge is 0.159 e. The summed E-state index contributed by atoms with van der Waals surface area (Å²) in [6, 6.07) is 0. The monoisotopic (exact) mass is 248 g/mol.